The predicted octanol–water partition coefficient (Wildman–Crippen LogP) is 2.55. The van der Waals surface area contributed by atoms with Crippen molar-refractivity contribution in [3.8, 4) is 0 Å². The van der Waals surface area contributed by atoms with Crippen LogP contribution in [0.5, 0.6) is 0 Å². The summed E-state index contributed by atoms with van der Waals surface area (Å²) in [6.45, 7) is 6.43. The van der Waals surface area contributed by atoms with Crippen molar-refractivity contribution in [1.82, 2.24) is 0 Å². The number of hydrogen-bond donors (Lipinski definition) is 0. The van der Waals surface area contributed by atoms with Crippen LogP contribution in [-0.4, -0.2) is 5.97 Å². The summed E-state index contributed by atoms with van der Waals surface area (Å²) in [5.74, 6) is -0.933. The molecule has 1 radical (unpaired) electrons. The summed E-state index contributed by atoms with van der Waals surface area (Å²) in [6.07, 6.45) is 3.00. The first-order chi connectivity index (χ1) is 4.98. The van der Waals surface area contributed by atoms with Crippen LogP contribution in [0.1, 0.15) is 46.5 Å². The van der Waals surface area contributed by atoms with E-state index in [0.29, 0.717) is 0 Å². The molecule has 0 aromatic heterocycles. The highest BCUT2D eigenvalue weighted by atomic mass is 16.4. The highest BCUT2D eigenvalue weighted by Crippen LogP contribution is 2.26. The summed E-state index contributed by atoms with van der Waals surface area (Å²) >= 11 is 0. The minimum Gasteiger partial charge on any atom is -0.247 e. The fourth-order valence-corrected chi connectivity index (χ4v) is 0.888. The third-order valence-electron chi connectivity index (χ3n) is 2.19. The lowest BCUT2D eigenvalue weighted by molar-refractivity contribution is -0.143. The van der Waals surface area contributed by atoms with Crippen LogP contribution in [-0.2, 0) is 9.90 Å². The predicted molar refractivity (Wildman–Crippen MR) is 43.6 cm³/mol. The first-order valence-electron chi connectivity index (χ1n) is 4.18. The second kappa shape index (κ2) is 4.37. The molecule has 0 amide bonds. The van der Waals surface area contributed by atoms with Gasteiger partial charge in [0, 0.05) is 0 Å². The van der Waals surface area contributed by atoms with Gasteiger partial charge in [0.1, 0.15) is 0 Å². The molecular weight excluding hydrogens is 140 g/mol. The topological polar surface area (TPSA) is 37.0 Å². The van der Waals surface area contributed by atoms with Crippen molar-refractivity contribution < 1.29 is 9.90 Å². The van der Waals surface area contributed by atoms with E-state index in [2.05, 4.69) is 20.8 Å². The van der Waals surface area contributed by atoms with Gasteiger partial charge in [0.2, 0.25) is 0 Å². The van der Waals surface area contributed by atoms with Gasteiger partial charge in [-0.25, -0.2) is 9.90 Å². The van der Waals surface area contributed by atoms with Gasteiger partial charge in [0.25, 0.3) is 0 Å². The van der Waals surface area contributed by atoms with E-state index in [0.717, 1.165) is 19.3 Å². The summed E-state index contributed by atoms with van der Waals surface area (Å²) in [7, 11) is 0. The molecule has 65 valence electrons. The molecule has 0 saturated heterocycles. The number of carbonyl (C=O) groups is 1. The van der Waals surface area contributed by atoms with Crippen molar-refractivity contribution in [3.05, 3.63) is 0 Å². The average Bonchev–Trinajstić information content (AvgIpc) is 1.87. The van der Waals surface area contributed by atoms with Crippen molar-refractivity contribution in [2.45, 2.75) is 46.5 Å². The van der Waals surface area contributed by atoms with E-state index in [-0.39, 0.29) is 11.8 Å². The van der Waals surface area contributed by atoms with Crippen LogP contribution >= 0.6 is 0 Å². The summed E-state index contributed by atoms with van der Waals surface area (Å²) in [6, 6.07) is 0. The fraction of sp³-hybridized carbons (Fsp3) is 0.889. The smallest absolute Gasteiger partial charge is 0.247 e. The lowest BCUT2D eigenvalue weighted by Crippen LogP contribution is -2.09. The van der Waals surface area contributed by atoms with E-state index in [9.17, 15) is 9.90 Å². The minimum absolute atomic E-state index is 0.198. The minimum atomic E-state index is -0.933. The van der Waals surface area contributed by atoms with E-state index in [4.69, 9.17) is 0 Å². The van der Waals surface area contributed by atoms with Crippen LogP contribution in [0.2, 0.25) is 0 Å². The monoisotopic (exact) mass is 157 g/mol. The Kier molecular flexibility index (Phi) is 4.16. The summed E-state index contributed by atoms with van der Waals surface area (Å²) < 4.78 is 0. The van der Waals surface area contributed by atoms with Crippen LogP contribution in [0.15, 0.2) is 0 Å². The summed E-state index contributed by atoms with van der Waals surface area (Å²) in [5, 5.41) is 10.1. The number of carbonyl (C=O) groups excluding carboxylic acids is 1. The standard InChI is InChI=1S/C9H17O2/c1-4-9(2,3)7-5-6-8(10)11/h4-7H2,1-3H3. The third kappa shape index (κ3) is 5.89. The number of rotatable bonds is 5. The Morgan fingerprint density at radius 3 is 2.27 bits per heavy atom. The molecule has 2 nitrogen and oxygen atoms in total. The first-order valence-corrected chi connectivity index (χ1v) is 4.18. The maximum Gasteiger partial charge on any atom is 0.355 e. The van der Waals surface area contributed by atoms with Gasteiger partial charge >= 0.3 is 5.97 Å². The van der Waals surface area contributed by atoms with Gasteiger partial charge < -0.3 is 0 Å². The molecule has 0 aromatic carbocycles. The van der Waals surface area contributed by atoms with Gasteiger partial charge in [-0.3, -0.25) is 0 Å². The van der Waals surface area contributed by atoms with Crippen molar-refractivity contribution in [2.75, 3.05) is 0 Å². The zero-order valence-electron chi connectivity index (χ0n) is 7.64. The molecule has 11 heavy (non-hydrogen) atoms. The molecule has 0 spiro atoms. The molecule has 0 unspecified atom stereocenters. The summed E-state index contributed by atoms with van der Waals surface area (Å²) in [5.41, 5.74) is 0.287. The largest absolute Gasteiger partial charge is 0.355 e. The molecule has 0 rings (SSSR count). The van der Waals surface area contributed by atoms with Crippen molar-refractivity contribution in [1.29, 1.82) is 0 Å². The number of hydrogen-bond acceptors (Lipinski definition) is 1. The summed E-state index contributed by atoms with van der Waals surface area (Å²) in [4.78, 5) is 10.1. The Morgan fingerprint density at radius 2 is 1.91 bits per heavy atom. The zero-order chi connectivity index (χ0) is 8.91. The molecule has 0 aliphatic rings. The van der Waals surface area contributed by atoms with Gasteiger partial charge in [-0.2, -0.15) is 0 Å². The van der Waals surface area contributed by atoms with Gasteiger partial charge in [-0.05, 0) is 18.3 Å². The van der Waals surface area contributed by atoms with Crippen LogP contribution in [0.3, 0.4) is 0 Å². The van der Waals surface area contributed by atoms with Gasteiger partial charge in [-0.1, -0.05) is 27.2 Å². The molecule has 0 saturated carbocycles. The molecule has 0 aliphatic carbocycles. The molecule has 0 aromatic rings. The average molecular weight is 157 g/mol. The van der Waals surface area contributed by atoms with E-state index in [1.807, 2.05) is 0 Å². The maximum atomic E-state index is 10.1. The molecule has 0 bridgehead atoms. The van der Waals surface area contributed by atoms with Crippen LogP contribution < -0.4 is 0 Å². The van der Waals surface area contributed by atoms with Crippen LogP contribution in [0.25, 0.3) is 0 Å². The lowest BCUT2D eigenvalue weighted by atomic mass is 9.85. The Morgan fingerprint density at radius 1 is 1.36 bits per heavy atom. The fourth-order valence-electron chi connectivity index (χ4n) is 0.888. The van der Waals surface area contributed by atoms with E-state index in [1.54, 1.807) is 0 Å². The maximum absolute atomic E-state index is 10.1. The van der Waals surface area contributed by atoms with E-state index >= 15 is 0 Å². The Hall–Kier alpha value is -0.530. The quantitative estimate of drug-likeness (QED) is 0.604. The van der Waals surface area contributed by atoms with Gasteiger partial charge in [-0.15, -0.1) is 0 Å². The molecule has 0 heterocycles. The molecule has 0 fully saturated rings. The van der Waals surface area contributed by atoms with Crippen LogP contribution in [0.4, 0.5) is 0 Å². The Labute approximate surface area is 68.6 Å². The van der Waals surface area contributed by atoms with Crippen molar-refractivity contribution in [3.63, 3.8) is 0 Å². The molecule has 0 atom stereocenters. The highest BCUT2D eigenvalue weighted by Gasteiger charge is 2.14. The molecule has 0 aliphatic heterocycles. The van der Waals surface area contributed by atoms with Gasteiger partial charge in [0.15, 0.2) is 0 Å². The SMILES string of the molecule is CCC(C)(C)CCCC([O])=O. The van der Waals surface area contributed by atoms with E-state index in [1.165, 1.54) is 0 Å². The molecular formula is C9H17O2. The van der Waals surface area contributed by atoms with E-state index < -0.39 is 5.97 Å². The van der Waals surface area contributed by atoms with Crippen LogP contribution in [0, 0.1) is 5.41 Å². The molecule has 0 N–H and O–H groups in total. The highest BCUT2D eigenvalue weighted by molar-refractivity contribution is 5.66. The third-order valence-corrected chi connectivity index (χ3v) is 2.19. The Balaban J connectivity index is 3.45. The normalized spacial score (nSPS) is 11.5. The van der Waals surface area contributed by atoms with Crippen molar-refractivity contribution in [2.24, 2.45) is 5.41 Å². The Bertz CT molecular complexity index is 128. The molecule has 2 heteroatoms. The van der Waals surface area contributed by atoms with Gasteiger partial charge in [0.05, 0.1) is 6.42 Å². The zero-order valence-corrected chi connectivity index (χ0v) is 7.64. The first kappa shape index (κ1) is 10.5. The lowest BCUT2D eigenvalue weighted by Gasteiger charge is -2.21. The van der Waals surface area contributed by atoms with Crippen molar-refractivity contribution >= 4 is 5.97 Å². The second-order valence-corrected chi connectivity index (χ2v) is 3.74. The second-order valence-electron chi connectivity index (χ2n) is 3.74.